The highest BCUT2D eigenvalue weighted by Gasteiger charge is 2.06. The number of hydrogen-bond donors (Lipinski definition) is 0. The summed E-state index contributed by atoms with van der Waals surface area (Å²) in [6.07, 6.45) is 2.01. The molecule has 0 aromatic carbocycles. The third kappa shape index (κ3) is 2.50. The second-order valence-corrected chi connectivity index (χ2v) is 6.50. The SMILES string of the molecule is CCSc1sc(=O)sc1SC. The van der Waals surface area contributed by atoms with Crippen molar-refractivity contribution in [3.05, 3.63) is 8.85 Å². The molecule has 0 aliphatic rings. The smallest absolute Gasteiger partial charge is 0.265 e. The van der Waals surface area contributed by atoms with E-state index in [1.807, 2.05) is 6.26 Å². The first-order chi connectivity index (χ1) is 5.27. The molecule has 0 aliphatic carbocycles. The standard InChI is InChI=1S/C6H8OS4/c1-3-9-5-4(8-2)10-6(7)11-5/h3H2,1-2H3. The largest absolute Gasteiger partial charge is 0.289 e. The van der Waals surface area contributed by atoms with E-state index in [-0.39, 0.29) is 4.06 Å². The van der Waals surface area contributed by atoms with Gasteiger partial charge in [0, 0.05) is 0 Å². The van der Waals surface area contributed by atoms with Crippen molar-refractivity contribution in [2.45, 2.75) is 15.3 Å². The summed E-state index contributed by atoms with van der Waals surface area (Å²) < 4.78 is 2.58. The first kappa shape index (κ1) is 9.64. The second-order valence-electron chi connectivity index (χ2n) is 1.67. The molecule has 0 atom stereocenters. The van der Waals surface area contributed by atoms with E-state index >= 15 is 0 Å². The highest BCUT2D eigenvalue weighted by atomic mass is 32.2. The third-order valence-electron chi connectivity index (χ3n) is 0.980. The first-order valence-corrected chi connectivity index (χ1v) is 6.93. The molecule has 0 bridgehead atoms. The van der Waals surface area contributed by atoms with Gasteiger partial charge in [0.1, 0.15) is 0 Å². The highest BCUT2D eigenvalue weighted by molar-refractivity contribution is 8.04. The van der Waals surface area contributed by atoms with Crippen molar-refractivity contribution in [3.63, 3.8) is 0 Å². The molecular weight excluding hydrogens is 216 g/mol. The molecule has 0 fully saturated rings. The molecule has 5 heteroatoms. The Kier molecular flexibility index (Phi) is 3.98. The molecule has 0 N–H and O–H groups in total. The van der Waals surface area contributed by atoms with Crippen molar-refractivity contribution < 1.29 is 0 Å². The molecule has 0 saturated heterocycles. The molecular formula is C6H8OS4. The highest BCUT2D eigenvalue weighted by Crippen LogP contribution is 2.34. The van der Waals surface area contributed by atoms with Crippen LogP contribution in [0.25, 0.3) is 0 Å². The fraction of sp³-hybridized carbons (Fsp3) is 0.500. The van der Waals surface area contributed by atoms with Crippen molar-refractivity contribution >= 4 is 46.2 Å². The van der Waals surface area contributed by atoms with Crippen LogP contribution in [0.1, 0.15) is 6.92 Å². The van der Waals surface area contributed by atoms with Crippen LogP contribution in [-0.4, -0.2) is 12.0 Å². The molecule has 1 aromatic rings. The minimum absolute atomic E-state index is 0.213. The van der Waals surface area contributed by atoms with Gasteiger partial charge in [-0.3, -0.25) is 4.79 Å². The van der Waals surface area contributed by atoms with Gasteiger partial charge in [-0.25, -0.2) is 0 Å². The molecule has 1 heterocycles. The van der Waals surface area contributed by atoms with Crippen molar-refractivity contribution in [1.29, 1.82) is 0 Å². The van der Waals surface area contributed by atoms with E-state index in [9.17, 15) is 4.79 Å². The number of rotatable bonds is 3. The summed E-state index contributed by atoms with van der Waals surface area (Å²) >= 11 is 6.15. The van der Waals surface area contributed by atoms with Gasteiger partial charge in [0.2, 0.25) is 0 Å². The third-order valence-corrected chi connectivity index (χ3v) is 5.79. The van der Waals surface area contributed by atoms with E-state index < -0.39 is 0 Å². The molecule has 11 heavy (non-hydrogen) atoms. The Labute approximate surface area is 82.2 Å². The summed E-state index contributed by atoms with van der Waals surface area (Å²) in [5.41, 5.74) is 0. The average Bonchev–Trinajstić information content (AvgIpc) is 2.32. The Morgan fingerprint density at radius 1 is 1.36 bits per heavy atom. The molecule has 0 amide bonds. The van der Waals surface area contributed by atoms with Gasteiger partial charge >= 0.3 is 0 Å². The lowest BCUT2D eigenvalue weighted by Crippen LogP contribution is -1.73. The maximum atomic E-state index is 11.0. The lowest BCUT2D eigenvalue weighted by molar-refractivity contribution is 1.47. The zero-order valence-electron chi connectivity index (χ0n) is 6.25. The number of thioether (sulfide) groups is 2. The van der Waals surface area contributed by atoms with E-state index in [2.05, 4.69) is 6.92 Å². The Balaban J connectivity index is 2.92. The minimum Gasteiger partial charge on any atom is -0.265 e. The van der Waals surface area contributed by atoms with Gasteiger partial charge in [0.05, 0.1) is 8.42 Å². The molecule has 1 aromatic heterocycles. The second kappa shape index (κ2) is 4.54. The Morgan fingerprint density at radius 2 is 2.00 bits per heavy atom. The first-order valence-electron chi connectivity index (χ1n) is 3.08. The van der Waals surface area contributed by atoms with Crippen molar-refractivity contribution in [1.82, 2.24) is 0 Å². The van der Waals surface area contributed by atoms with Crippen molar-refractivity contribution in [2.75, 3.05) is 12.0 Å². The van der Waals surface area contributed by atoms with Crippen LogP contribution < -0.4 is 4.06 Å². The van der Waals surface area contributed by atoms with Gasteiger partial charge in [-0.1, -0.05) is 29.6 Å². The van der Waals surface area contributed by atoms with Gasteiger partial charge in [-0.2, -0.15) is 0 Å². The minimum atomic E-state index is 0.213. The molecule has 1 rings (SSSR count). The van der Waals surface area contributed by atoms with E-state index in [4.69, 9.17) is 0 Å². The quantitative estimate of drug-likeness (QED) is 0.735. The lowest BCUT2D eigenvalue weighted by atomic mass is 11.0. The fourth-order valence-electron chi connectivity index (χ4n) is 0.600. The predicted octanol–water partition coefficient (Wildman–Crippen LogP) is 3.00. The average molecular weight is 224 g/mol. The van der Waals surface area contributed by atoms with Crippen LogP contribution in [0.15, 0.2) is 13.2 Å². The monoisotopic (exact) mass is 224 g/mol. The zero-order chi connectivity index (χ0) is 8.27. The maximum Gasteiger partial charge on any atom is 0.289 e. The molecule has 1 nitrogen and oxygen atoms in total. The zero-order valence-corrected chi connectivity index (χ0v) is 9.51. The lowest BCUT2D eigenvalue weighted by Gasteiger charge is -1.93. The molecule has 62 valence electrons. The van der Waals surface area contributed by atoms with Crippen LogP contribution in [0.3, 0.4) is 0 Å². The van der Waals surface area contributed by atoms with Crippen molar-refractivity contribution in [3.8, 4) is 0 Å². The summed E-state index contributed by atoms with van der Waals surface area (Å²) in [6.45, 7) is 2.10. The summed E-state index contributed by atoms with van der Waals surface area (Å²) in [5, 5.41) is 0. The Bertz CT molecular complexity index is 274. The molecule has 0 aliphatic heterocycles. The van der Waals surface area contributed by atoms with Crippen LogP contribution >= 0.6 is 46.2 Å². The van der Waals surface area contributed by atoms with E-state index in [1.54, 1.807) is 23.5 Å². The predicted molar refractivity (Wildman–Crippen MR) is 56.6 cm³/mol. The topological polar surface area (TPSA) is 17.1 Å². The van der Waals surface area contributed by atoms with Crippen LogP contribution in [0.2, 0.25) is 0 Å². The molecule has 0 spiro atoms. The summed E-state index contributed by atoms with van der Waals surface area (Å²) in [7, 11) is 0. The van der Waals surface area contributed by atoms with Gasteiger partial charge in [0.15, 0.2) is 0 Å². The summed E-state index contributed by atoms with van der Waals surface area (Å²) in [5.74, 6) is 1.04. The molecule has 0 radical (unpaired) electrons. The molecule has 0 unspecified atom stereocenters. The van der Waals surface area contributed by atoms with Crippen LogP contribution in [-0.2, 0) is 0 Å². The van der Waals surface area contributed by atoms with Crippen molar-refractivity contribution in [2.24, 2.45) is 0 Å². The normalized spacial score (nSPS) is 10.4. The van der Waals surface area contributed by atoms with Gasteiger partial charge < -0.3 is 0 Å². The van der Waals surface area contributed by atoms with Gasteiger partial charge in [0.25, 0.3) is 4.06 Å². The maximum absolute atomic E-state index is 11.0. The summed E-state index contributed by atoms with van der Waals surface area (Å²) in [4.78, 5) is 11.0. The number of hydrogen-bond acceptors (Lipinski definition) is 5. The Morgan fingerprint density at radius 3 is 2.55 bits per heavy atom. The van der Waals surface area contributed by atoms with Crippen LogP contribution in [0, 0.1) is 0 Å². The summed E-state index contributed by atoms with van der Waals surface area (Å²) in [6, 6.07) is 0. The van der Waals surface area contributed by atoms with E-state index in [0.717, 1.165) is 5.75 Å². The van der Waals surface area contributed by atoms with E-state index in [1.165, 1.54) is 31.1 Å². The Hall–Kier alpha value is 0.550. The van der Waals surface area contributed by atoms with Gasteiger partial charge in [-0.15, -0.1) is 23.5 Å². The molecule has 0 saturated carbocycles. The fourth-order valence-corrected chi connectivity index (χ4v) is 5.33. The van der Waals surface area contributed by atoms with Crippen LogP contribution in [0.5, 0.6) is 0 Å². The van der Waals surface area contributed by atoms with Crippen LogP contribution in [0.4, 0.5) is 0 Å². The van der Waals surface area contributed by atoms with E-state index in [0.29, 0.717) is 0 Å². The van der Waals surface area contributed by atoms with Gasteiger partial charge in [-0.05, 0) is 12.0 Å².